The molecule has 2 bridgehead atoms. The van der Waals surface area contributed by atoms with Gasteiger partial charge in [0.15, 0.2) is 0 Å². The highest BCUT2D eigenvalue weighted by Crippen LogP contribution is 2.35. The van der Waals surface area contributed by atoms with Gasteiger partial charge in [-0.05, 0) is 43.4 Å². The van der Waals surface area contributed by atoms with Crippen LogP contribution in [-0.2, 0) is 21.3 Å². The third kappa shape index (κ3) is 2.37. The second kappa shape index (κ2) is 5.11. The van der Waals surface area contributed by atoms with Crippen LogP contribution in [0.5, 0.6) is 0 Å². The Kier molecular flexibility index (Phi) is 3.58. The Balaban J connectivity index is 1.85. The van der Waals surface area contributed by atoms with Crippen molar-refractivity contribution in [3.05, 3.63) is 29.3 Å². The van der Waals surface area contributed by atoms with Gasteiger partial charge in [0.1, 0.15) is 0 Å². The predicted molar refractivity (Wildman–Crippen MR) is 75.7 cm³/mol. The number of nitrogens with two attached hydrogens (primary N) is 1. The van der Waals surface area contributed by atoms with Gasteiger partial charge >= 0.3 is 0 Å². The van der Waals surface area contributed by atoms with E-state index in [1.54, 1.807) is 19.1 Å². The molecule has 3 atom stereocenters. The van der Waals surface area contributed by atoms with Crippen molar-refractivity contribution in [2.45, 2.75) is 55.9 Å². The van der Waals surface area contributed by atoms with E-state index in [-0.39, 0.29) is 18.2 Å². The first-order valence-electron chi connectivity index (χ1n) is 6.97. The first kappa shape index (κ1) is 14.0. The predicted octanol–water partition coefficient (Wildman–Crippen LogP) is 1.05. The van der Waals surface area contributed by atoms with Gasteiger partial charge in [0.05, 0.1) is 23.1 Å². The number of rotatable bonds is 4. The quantitative estimate of drug-likeness (QED) is 0.870. The van der Waals surface area contributed by atoms with E-state index in [4.69, 9.17) is 10.5 Å². The average molecular weight is 296 g/mol. The minimum atomic E-state index is -3.51. The lowest BCUT2D eigenvalue weighted by atomic mass is 9.96. The van der Waals surface area contributed by atoms with Gasteiger partial charge in [-0.25, -0.2) is 13.1 Å². The summed E-state index contributed by atoms with van der Waals surface area (Å²) < 4.78 is 33.6. The molecule has 0 aliphatic carbocycles. The summed E-state index contributed by atoms with van der Waals surface area (Å²) in [6.45, 7) is 2.14. The zero-order valence-electron chi connectivity index (χ0n) is 11.5. The lowest BCUT2D eigenvalue weighted by Gasteiger charge is -2.21. The second-order valence-electron chi connectivity index (χ2n) is 5.58. The molecular formula is C14H20N2O3S. The third-order valence-electron chi connectivity index (χ3n) is 4.32. The maximum Gasteiger partial charge on any atom is 0.241 e. The number of benzene rings is 1. The maximum absolute atomic E-state index is 12.5. The number of hydrogen-bond donors (Lipinski definition) is 2. The zero-order valence-corrected chi connectivity index (χ0v) is 12.3. The van der Waals surface area contributed by atoms with Crippen LogP contribution in [0.2, 0.25) is 0 Å². The molecule has 20 heavy (non-hydrogen) atoms. The third-order valence-corrected chi connectivity index (χ3v) is 5.95. The Bertz CT molecular complexity index is 615. The number of hydrogen-bond acceptors (Lipinski definition) is 4. The van der Waals surface area contributed by atoms with E-state index in [0.717, 1.165) is 30.4 Å². The van der Waals surface area contributed by atoms with E-state index in [0.29, 0.717) is 11.4 Å². The van der Waals surface area contributed by atoms with Crippen molar-refractivity contribution in [3.8, 4) is 0 Å². The molecule has 0 aromatic heterocycles. The fourth-order valence-electron chi connectivity index (χ4n) is 3.20. The summed E-state index contributed by atoms with van der Waals surface area (Å²) in [5, 5.41) is 0. The SMILES string of the molecule is Cc1c(CN)cccc1S(=O)(=O)NC1CC2CCC1O2. The smallest absolute Gasteiger partial charge is 0.241 e. The Labute approximate surface area is 119 Å². The van der Waals surface area contributed by atoms with E-state index in [1.165, 1.54) is 0 Å². The summed E-state index contributed by atoms with van der Waals surface area (Å²) in [5.41, 5.74) is 7.23. The first-order chi connectivity index (χ1) is 9.51. The van der Waals surface area contributed by atoms with E-state index in [2.05, 4.69) is 4.72 Å². The fourth-order valence-corrected chi connectivity index (χ4v) is 4.76. The molecule has 2 fully saturated rings. The first-order valence-corrected chi connectivity index (χ1v) is 8.46. The fraction of sp³-hybridized carbons (Fsp3) is 0.571. The highest BCUT2D eigenvalue weighted by molar-refractivity contribution is 7.89. The normalized spacial score (nSPS) is 29.0. The molecule has 0 saturated carbocycles. The van der Waals surface area contributed by atoms with Crippen LogP contribution in [0.3, 0.4) is 0 Å². The van der Waals surface area contributed by atoms with Gasteiger partial charge in [-0.2, -0.15) is 0 Å². The van der Waals surface area contributed by atoms with Crippen LogP contribution in [-0.4, -0.2) is 26.7 Å². The standard InChI is InChI=1S/C14H20N2O3S/c1-9-10(8-15)3-2-4-14(9)20(17,18)16-12-7-11-5-6-13(12)19-11/h2-4,11-13,16H,5-8,15H2,1H3. The lowest BCUT2D eigenvalue weighted by molar-refractivity contribution is 0.0996. The topological polar surface area (TPSA) is 81.4 Å². The molecule has 3 N–H and O–H groups in total. The van der Waals surface area contributed by atoms with E-state index in [1.807, 2.05) is 6.07 Å². The highest BCUT2D eigenvalue weighted by Gasteiger charge is 2.42. The molecular weight excluding hydrogens is 276 g/mol. The van der Waals surface area contributed by atoms with Crippen molar-refractivity contribution in [3.63, 3.8) is 0 Å². The lowest BCUT2D eigenvalue weighted by Crippen LogP contribution is -2.41. The van der Waals surface area contributed by atoms with Crippen LogP contribution in [0.25, 0.3) is 0 Å². The molecule has 3 unspecified atom stereocenters. The van der Waals surface area contributed by atoms with Crippen molar-refractivity contribution in [2.75, 3.05) is 0 Å². The van der Waals surface area contributed by atoms with Gasteiger partial charge in [-0.15, -0.1) is 0 Å². The summed E-state index contributed by atoms with van der Waals surface area (Å²) in [5.74, 6) is 0. The Morgan fingerprint density at radius 1 is 1.40 bits per heavy atom. The summed E-state index contributed by atoms with van der Waals surface area (Å²) in [4.78, 5) is 0.322. The summed E-state index contributed by atoms with van der Waals surface area (Å²) in [6.07, 6.45) is 3.03. The van der Waals surface area contributed by atoms with Crippen LogP contribution in [0.1, 0.15) is 30.4 Å². The molecule has 2 saturated heterocycles. The molecule has 5 nitrogen and oxygen atoms in total. The van der Waals surface area contributed by atoms with Crippen molar-refractivity contribution in [1.29, 1.82) is 0 Å². The molecule has 0 radical (unpaired) electrons. The monoisotopic (exact) mass is 296 g/mol. The van der Waals surface area contributed by atoms with Crippen LogP contribution in [0.15, 0.2) is 23.1 Å². The number of ether oxygens (including phenoxy) is 1. The van der Waals surface area contributed by atoms with Crippen LogP contribution < -0.4 is 10.5 Å². The molecule has 6 heteroatoms. The van der Waals surface area contributed by atoms with Crippen molar-refractivity contribution in [1.82, 2.24) is 4.72 Å². The van der Waals surface area contributed by atoms with Crippen LogP contribution in [0.4, 0.5) is 0 Å². The van der Waals surface area contributed by atoms with Gasteiger partial charge in [-0.3, -0.25) is 0 Å². The van der Waals surface area contributed by atoms with Crippen molar-refractivity contribution in [2.24, 2.45) is 5.73 Å². The zero-order chi connectivity index (χ0) is 14.3. The van der Waals surface area contributed by atoms with E-state index >= 15 is 0 Å². The van der Waals surface area contributed by atoms with E-state index < -0.39 is 10.0 Å². The summed E-state index contributed by atoms with van der Waals surface area (Å²) >= 11 is 0. The van der Waals surface area contributed by atoms with Gasteiger partial charge in [-0.1, -0.05) is 12.1 Å². The molecule has 0 spiro atoms. The van der Waals surface area contributed by atoms with E-state index in [9.17, 15) is 8.42 Å². The molecule has 1 aromatic rings. The van der Waals surface area contributed by atoms with Gasteiger partial charge in [0.2, 0.25) is 10.0 Å². The summed E-state index contributed by atoms with van der Waals surface area (Å²) in [7, 11) is -3.51. The van der Waals surface area contributed by atoms with Gasteiger partial charge in [0, 0.05) is 6.54 Å². The number of sulfonamides is 1. The van der Waals surface area contributed by atoms with Crippen LogP contribution in [0, 0.1) is 6.92 Å². The summed E-state index contributed by atoms with van der Waals surface area (Å²) in [6, 6.07) is 5.13. The average Bonchev–Trinajstić information content (AvgIpc) is 3.00. The minimum Gasteiger partial charge on any atom is -0.373 e. The molecule has 0 amide bonds. The second-order valence-corrected chi connectivity index (χ2v) is 7.26. The Hall–Kier alpha value is -0.950. The highest BCUT2D eigenvalue weighted by atomic mass is 32.2. The number of fused-ring (bicyclic) bond motifs is 2. The van der Waals surface area contributed by atoms with Gasteiger partial charge in [0.25, 0.3) is 0 Å². The Morgan fingerprint density at radius 2 is 2.20 bits per heavy atom. The molecule has 1 aromatic carbocycles. The molecule has 2 aliphatic heterocycles. The number of nitrogens with one attached hydrogen (secondary N) is 1. The maximum atomic E-state index is 12.5. The largest absolute Gasteiger partial charge is 0.373 e. The Morgan fingerprint density at radius 3 is 2.80 bits per heavy atom. The minimum absolute atomic E-state index is 0.0350. The van der Waals surface area contributed by atoms with Crippen LogP contribution >= 0.6 is 0 Å². The van der Waals surface area contributed by atoms with Gasteiger partial charge < -0.3 is 10.5 Å². The molecule has 2 heterocycles. The van der Waals surface area contributed by atoms with Crippen molar-refractivity contribution < 1.29 is 13.2 Å². The molecule has 110 valence electrons. The van der Waals surface area contributed by atoms with Crippen molar-refractivity contribution >= 4 is 10.0 Å². The molecule has 3 rings (SSSR count). The molecule has 2 aliphatic rings.